The molecule has 0 spiro atoms. The van der Waals surface area contributed by atoms with E-state index in [1.807, 2.05) is 35.2 Å². The molecule has 1 aliphatic rings. The van der Waals surface area contributed by atoms with Crippen LogP contribution in [0.15, 0.2) is 48.5 Å². The second kappa shape index (κ2) is 8.23. The highest BCUT2D eigenvalue weighted by atomic mass is 35.5. The largest absolute Gasteiger partial charge is 0.508 e. The number of carbonyl (C=O) groups is 1. The molecule has 1 aliphatic heterocycles. The number of nitrogens with one attached hydrogen (secondary N) is 1. The molecule has 0 radical (unpaired) electrons. The lowest BCUT2D eigenvalue weighted by atomic mass is 10.2. The maximum atomic E-state index is 12.3. The van der Waals surface area contributed by atoms with Crippen LogP contribution in [0.1, 0.15) is 5.56 Å². The predicted octanol–water partition coefficient (Wildman–Crippen LogP) is 2.48. The van der Waals surface area contributed by atoms with Gasteiger partial charge in [0, 0.05) is 43.4 Å². The smallest absolute Gasteiger partial charge is 0.236 e. The van der Waals surface area contributed by atoms with E-state index < -0.39 is 0 Å². The molecule has 25 heavy (non-hydrogen) atoms. The van der Waals surface area contributed by atoms with E-state index in [1.54, 1.807) is 18.2 Å². The number of rotatable bonds is 5. The van der Waals surface area contributed by atoms with E-state index in [-0.39, 0.29) is 11.7 Å². The van der Waals surface area contributed by atoms with Crippen molar-refractivity contribution in [2.75, 3.05) is 37.6 Å². The number of amides is 1. The Balaban J connectivity index is 1.44. The van der Waals surface area contributed by atoms with Crippen molar-refractivity contribution in [3.63, 3.8) is 0 Å². The quantitative estimate of drug-likeness (QED) is 0.861. The summed E-state index contributed by atoms with van der Waals surface area (Å²) in [6.45, 7) is 3.88. The Morgan fingerprint density at radius 2 is 1.84 bits per heavy atom. The fourth-order valence-corrected chi connectivity index (χ4v) is 3.16. The van der Waals surface area contributed by atoms with Gasteiger partial charge in [-0.1, -0.05) is 29.8 Å². The van der Waals surface area contributed by atoms with Crippen molar-refractivity contribution >= 4 is 23.2 Å². The van der Waals surface area contributed by atoms with E-state index >= 15 is 0 Å². The Labute approximate surface area is 152 Å². The Morgan fingerprint density at radius 1 is 1.08 bits per heavy atom. The SMILES string of the molecule is O=C(CNCc1cccc(O)c1)N1CCN(c2cccc(Cl)c2)CC1. The normalized spacial score (nSPS) is 14.6. The topological polar surface area (TPSA) is 55.8 Å². The van der Waals surface area contributed by atoms with Crippen molar-refractivity contribution in [2.45, 2.75) is 6.54 Å². The van der Waals surface area contributed by atoms with Gasteiger partial charge in [0.1, 0.15) is 5.75 Å². The van der Waals surface area contributed by atoms with Crippen molar-refractivity contribution in [1.82, 2.24) is 10.2 Å². The first kappa shape index (κ1) is 17.6. The Kier molecular flexibility index (Phi) is 5.79. The summed E-state index contributed by atoms with van der Waals surface area (Å²) in [5.74, 6) is 0.341. The molecule has 1 amide bonds. The molecule has 1 saturated heterocycles. The average molecular weight is 360 g/mol. The highest BCUT2D eigenvalue weighted by molar-refractivity contribution is 6.30. The van der Waals surface area contributed by atoms with E-state index in [0.29, 0.717) is 26.2 Å². The minimum absolute atomic E-state index is 0.103. The molecule has 0 saturated carbocycles. The number of carbonyl (C=O) groups excluding carboxylic acids is 1. The van der Waals surface area contributed by atoms with Crippen molar-refractivity contribution in [3.05, 3.63) is 59.1 Å². The van der Waals surface area contributed by atoms with E-state index in [1.165, 1.54) is 0 Å². The number of piperazine rings is 1. The third-order valence-electron chi connectivity index (χ3n) is 4.32. The van der Waals surface area contributed by atoms with Crippen LogP contribution in [0.4, 0.5) is 5.69 Å². The monoisotopic (exact) mass is 359 g/mol. The van der Waals surface area contributed by atoms with Crippen LogP contribution in [-0.2, 0) is 11.3 Å². The number of phenols is 1. The van der Waals surface area contributed by atoms with Crippen LogP contribution in [-0.4, -0.2) is 48.6 Å². The van der Waals surface area contributed by atoms with Gasteiger partial charge in [-0.05, 0) is 35.9 Å². The van der Waals surface area contributed by atoms with Crippen LogP contribution in [0, 0.1) is 0 Å². The average Bonchev–Trinajstić information content (AvgIpc) is 2.62. The number of hydrogen-bond donors (Lipinski definition) is 2. The Bertz CT molecular complexity index is 730. The van der Waals surface area contributed by atoms with Gasteiger partial charge < -0.3 is 20.2 Å². The molecule has 0 unspecified atom stereocenters. The maximum absolute atomic E-state index is 12.3. The summed E-state index contributed by atoms with van der Waals surface area (Å²) in [4.78, 5) is 16.5. The number of aromatic hydroxyl groups is 1. The number of benzene rings is 2. The second-order valence-corrected chi connectivity index (χ2v) is 6.56. The van der Waals surface area contributed by atoms with E-state index in [2.05, 4.69) is 10.2 Å². The summed E-state index contributed by atoms with van der Waals surface area (Å²) in [5, 5.41) is 13.3. The zero-order valence-electron chi connectivity index (χ0n) is 14.0. The molecule has 0 bridgehead atoms. The van der Waals surface area contributed by atoms with Gasteiger partial charge in [-0.2, -0.15) is 0 Å². The Hall–Kier alpha value is -2.24. The summed E-state index contributed by atoms with van der Waals surface area (Å²) in [6, 6.07) is 14.8. The van der Waals surface area contributed by atoms with Gasteiger partial charge in [-0.25, -0.2) is 0 Å². The summed E-state index contributed by atoms with van der Waals surface area (Å²) in [5.41, 5.74) is 2.06. The van der Waals surface area contributed by atoms with Crippen molar-refractivity contribution in [3.8, 4) is 5.75 Å². The third-order valence-corrected chi connectivity index (χ3v) is 4.56. The summed E-state index contributed by atoms with van der Waals surface area (Å²) >= 11 is 6.05. The first-order valence-electron chi connectivity index (χ1n) is 8.39. The van der Waals surface area contributed by atoms with Gasteiger partial charge in [-0.15, -0.1) is 0 Å². The van der Waals surface area contributed by atoms with Gasteiger partial charge >= 0.3 is 0 Å². The van der Waals surface area contributed by atoms with Crippen molar-refractivity contribution < 1.29 is 9.90 Å². The lowest BCUT2D eigenvalue weighted by Gasteiger charge is -2.36. The second-order valence-electron chi connectivity index (χ2n) is 6.12. The van der Waals surface area contributed by atoms with E-state index in [0.717, 1.165) is 29.4 Å². The molecule has 6 heteroatoms. The zero-order chi connectivity index (χ0) is 17.6. The van der Waals surface area contributed by atoms with Crippen LogP contribution in [0.5, 0.6) is 5.75 Å². The number of anilines is 1. The summed E-state index contributed by atoms with van der Waals surface area (Å²) in [6.07, 6.45) is 0. The molecular formula is C19H22ClN3O2. The minimum atomic E-state index is 0.103. The first-order valence-corrected chi connectivity index (χ1v) is 8.76. The van der Waals surface area contributed by atoms with Crippen LogP contribution < -0.4 is 10.2 Å². The lowest BCUT2D eigenvalue weighted by Crippen LogP contribution is -2.50. The van der Waals surface area contributed by atoms with Crippen LogP contribution in [0.3, 0.4) is 0 Å². The van der Waals surface area contributed by atoms with Crippen molar-refractivity contribution in [1.29, 1.82) is 0 Å². The molecule has 0 atom stereocenters. The van der Waals surface area contributed by atoms with Gasteiger partial charge in [0.05, 0.1) is 6.54 Å². The molecule has 132 valence electrons. The Morgan fingerprint density at radius 3 is 2.56 bits per heavy atom. The lowest BCUT2D eigenvalue weighted by molar-refractivity contribution is -0.130. The highest BCUT2D eigenvalue weighted by Gasteiger charge is 2.21. The predicted molar refractivity (Wildman–Crippen MR) is 100 cm³/mol. The molecule has 1 heterocycles. The van der Waals surface area contributed by atoms with Crippen LogP contribution in [0.25, 0.3) is 0 Å². The number of phenolic OH excluding ortho intramolecular Hbond substituents is 1. The van der Waals surface area contributed by atoms with Crippen LogP contribution >= 0.6 is 11.6 Å². The van der Waals surface area contributed by atoms with Gasteiger partial charge in [-0.3, -0.25) is 4.79 Å². The minimum Gasteiger partial charge on any atom is -0.508 e. The molecule has 2 N–H and O–H groups in total. The molecule has 5 nitrogen and oxygen atoms in total. The molecule has 2 aromatic rings. The molecule has 0 aromatic heterocycles. The summed E-state index contributed by atoms with van der Waals surface area (Å²) in [7, 11) is 0. The van der Waals surface area contributed by atoms with E-state index in [9.17, 15) is 9.90 Å². The fraction of sp³-hybridized carbons (Fsp3) is 0.316. The van der Waals surface area contributed by atoms with Crippen LogP contribution in [0.2, 0.25) is 5.02 Å². The van der Waals surface area contributed by atoms with Crippen molar-refractivity contribution in [2.24, 2.45) is 0 Å². The van der Waals surface area contributed by atoms with Gasteiger partial charge in [0.2, 0.25) is 5.91 Å². The molecule has 0 aliphatic carbocycles. The molecule has 1 fully saturated rings. The van der Waals surface area contributed by atoms with Gasteiger partial charge in [0.15, 0.2) is 0 Å². The molecule has 3 rings (SSSR count). The molecule has 2 aromatic carbocycles. The van der Waals surface area contributed by atoms with E-state index in [4.69, 9.17) is 11.6 Å². The standard InChI is InChI=1S/C19H22ClN3O2/c20-16-4-2-5-17(12-16)22-7-9-23(10-8-22)19(25)14-21-13-15-3-1-6-18(24)11-15/h1-6,11-12,21,24H,7-10,13-14H2. The first-order chi connectivity index (χ1) is 12.1. The molecular weight excluding hydrogens is 338 g/mol. The highest BCUT2D eigenvalue weighted by Crippen LogP contribution is 2.20. The number of hydrogen-bond acceptors (Lipinski definition) is 4. The third kappa shape index (κ3) is 4.87. The van der Waals surface area contributed by atoms with Gasteiger partial charge in [0.25, 0.3) is 0 Å². The summed E-state index contributed by atoms with van der Waals surface area (Å²) < 4.78 is 0. The number of nitrogens with zero attached hydrogens (tertiary/aromatic N) is 2. The fourth-order valence-electron chi connectivity index (χ4n) is 2.98. The maximum Gasteiger partial charge on any atom is 0.236 e. The number of halogens is 1. The zero-order valence-corrected chi connectivity index (χ0v) is 14.7.